The molecule has 0 saturated carbocycles. The lowest BCUT2D eigenvalue weighted by atomic mass is 10.3. The van der Waals surface area contributed by atoms with Crippen molar-refractivity contribution in [3.8, 4) is 0 Å². The zero-order valence-corrected chi connectivity index (χ0v) is 10.2. The Morgan fingerprint density at radius 1 is 1.28 bits per heavy atom. The number of imidazole rings is 1. The summed E-state index contributed by atoms with van der Waals surface area (Å²) in [4.78, 5) is 6.76. The van der Waals surface area contributed by atoms with Crippen LogP contribution in [0.5, 0.6) is 0 Å². The SMILES string of the molecule is O=S(=O)(NCCc1cnc[nH]1)c1ccc(F)cc1. The summed E-state index contributed by atoms with van der Waals surface area (Å²) in [5, 5.41) is 0. The van der Waals surface area contributed by atoms with Gasteiger partial charge in [-0.1, -0.05) is 0 Å². The first-order valence-electron chi connectivity index (χ1n) is 5.30. The van der Waals surface area contributed by atoms with Gasteiger partial charge < -0.3 is 4.98 Å². The maximum absolute atomic E-state index is 12.7. The number of hydrogen-bond acceptors (Lipinski definition) is 3. The third kappa shape index (κ3) is 3.14. The van der Waals surface area contributed by atoms with Crippen molar-refractivity contribution in [1.29, 1.82) is 0 Å². The standard InChI is InChI=1S/C11H12FN3O2S/c12-9-1-3-11(4-2-9)18(16,17)15-6-5-10-7-13-8-14-10/h1-4,7-8,15H,5-6H2,(H,13,14). The minimum Gasteiger partial charge on any atom is -0.348 e. The van der Waals surface area contributed by atoms with E-state index in [1.165, 1.54) is 18.5 Å². The summed E-state index contributed by atoms with van der Waals surface area (Å²) in [6.45, 7) is 0.252. The van der Waals surface area contributed by atoms with Gasteiger partial charge in [0, 0.05) is 24.9 Å². The molecule has 1 aromatic carbocycles. The van der Waals surface area contributed by atoms with Crippen LogP contribution in [-0.4, -0.2) is 24.9 Å². The molecule has 18 heavy (non-hydrogen) atoms. The average molecular weight is 269 g/mol. The van der Waals surface area contributed by atoms with Crippen molar-refractivity contribution in [2.24, 2.45) is 0 Å². The Bertz CT molecular complexity index is 594. The first-order chi connectivity index (χ1) is 8.58. The molecule has 1 aromatic heterocycles. The van der Waals surface area contributed by atoms with Crippen molar-refractivity contribution in [3.63, 3.8) is 0 Å². The molecule has 1 heterocycles. The summed E-state index contributed by atoms with van der Waals surface area (Å²) in [5.41, 5.74) is 0.844. The Morgan fingerprint density at radius 2 is 2.00 bits per heavy atom. The normalized spacial score (nSPS) is 11.6. The minimum atomic E-state index is -3.58. The van der Waals surface area contributed by atoms with Crippen molar-refractivity contribution in [1.82, 2.24) is 14.7 Å². The fourth-order valence-electron chi connectivity index (χ4n) is 1.44. The molecule has 0 spiro atoms. The molecule has 2 aromatic rings. The van der Waals surface area contributed by atoms with Gasteiger partial charge in [0.05, 0.1) is 11.2 Å². The second-order valence-corrected chi connectivity index (χ2v) is 5.45. The molecule has 0 bridgehead atoms. The molecule has 2 N–H and O–H groups in total. The molecular formula is C11H12FN3O2S. The molecule has 5 nitrogen and oxygen atoms in total. The van der Waals surface area contributed by atoms with Crippen LogP contribution < -0.4 is 4.72 Å². The van der Waals surface area contributed by atoms with Gasteiger partial charge in [0.15, 0.2) is 0 Å². The van der Waals surface area contributed by atoms with Crippen LogP contribution in [0, 0.1) is 5.82 Å². The van der Waals surface area contributed by atoms with Crippen LogP contribution in [0.3, 0.4) is 0 Å². The number of nitrogens with one attached hydrogen (secondary N) is 2. The van der Waals surface area contributed by atoms with Crippen molar-refractivity contribution in [2.45, 2.75) is 11.3 Å². The van der Waals surface area contributed by atoms with E-state index in [0.717, 1.165) is 17.8 Å². The van der Waals surface area contributed by atoms with E-state index in [4.69, 9.17) is 0 Å². The van der Waals surface area contributed by atoms with E-state index in [9.17, 15) is 12.8 Å². The van der Waals surface area contributed by atoms with Crippen LogP contribution in [0.15, 0.2) is 41.7 Å². The van der Waals surface area contributed by atoms with Gasteiger partial charge in [-0.05, 0) is 24.3 Å². The Morgan fingerprint density at radius 3 is 2.61 bits per heavy atom. The lowest BCUT2D eigenvalue weighted by Crippen LogP contribution is -2.26. The molecule has 2 rings (SSSR count). The molecule has 0 amide bonds. The molecule has 96 valence electrons. The molecule has 0 aliphatic carbocycles. The predicted molar refractivity (Wildman–Crippen MR) is 63.9 cm³/mol. The highest BCUT2D eigenvalue weighted by Gasteiger charge is 2.13. The first kappa shape index (κ1) is 12.7. The van der Waals surface area contributed by atoms with E-state index < -0.39 is 15.8 Å². The van der Waals surface area contributed by atoms with E-state index in [1.54, 1.807) is 6.20 Å². The highest BCUT2D eigenvalue weighted by Crippen LogP contribution is 2.09. The van der Waals surface area contributed by atoms with Gasteiger partial charge in [0.2, 0.25) is 10.0 Å². The summed E-state index contributed by atoms with van der Waals surface area (Å²) in [7, 11) is -3.58. The number of sulfonamides is 1. The zero-order valence-electron chi connectivity index (χ0n) is 9.43. The molecule has 0 unspecified atom stereocenters. The quantitative estimate of drug-likeness (QED) is 0.852. The Labute approximate surface area is 104 Å². The van der Waals surface area contributed by atoms with Gasteiger partial charge in [-0.25, -0.2) is 22.5 Å². The van der Waals surface area contributed by atoms with E-state index in [2.05, 4.69) is 14.7 Å². The van der Waals surface area contributed by atoms with Crippen LogP contribution in [0.1, 0.15) is 5.69 Å². The van der Waals surface area contributed by atoms with Gasteiger partial charge in [0.25, 0.3) is 0 Å². The number of rotatable bonds is 5. The average Bonchev–Trinajstić information content (AvgIpc) is 2.82. The monoisotopic (exact) mass is 269 g/mol. The third-order valence-corrected chi connectivity index (χ3v) is 3.84. The van der Waals surface area contributed by atoms with Gasteiger partial charge in [-0.2, -0.15) is 0 Å². The second kappa shape index (κ2) is 5.28. The maximum Gasteiger partial charge on any atom is 0.240 e. The smallest absolute Gasteiger partial charge is 0.240 e. The minimum absolute atomic E-state index is 0.0495. The first-order valence-corrected chi connectivity index (χ1v) is 6.79. The molecule has 7 heteroatoms. The topological polar surface area (TPSA) is 74.8 Å². The van der Waals surface area contributed by atoms with Gasteiger partial charge in [-0.15, -0.1) is 0 Å². The predicted octanol–water partition coefficient (Wildman–Crippen LogP) is 1.07. The molecule has 0 saturated heterocycles. The third-order valence-electron chi connectivity index (χ3n) is 2.37. The van der Waals surface area contributed by atoms with Crippen LogP contribution in [0.2, 0.25) is 0 Å². The van der Waals surface area contributed by atoms with E-state index in [-0.39, 0.29) is 11.4 Å². The number of nitrogens with zero attached hydrogens (tertiary/aromatic N) is 1. The van der Waals surface area contributed by atoms with Crippen molar-refractivity contribution < 1.29 is 12.8 Å². The second-order valence-electron chi connectivity index (χ2n) is 3.68. The number of benzene rings is 1. The molecule has 0 fully saturated rings. The largest absolute Gasteiger partial charge is 0.348 e. The summed E-state index contributed by atoms with van der Waals surface area (Å²) >= 11 is 0. The van der Waals surface area contributed by atoms with Gasteiger partial charge in [-0.3, -0.25) is 0 Å². The van der Waals surface area contributed by atoms with Crippen molar-refractivity contribution in [2.75, 3.05) is 6.54 Å². The Kier molecular flexibility index (Phi) is 3.73. The van der Waals surface area contributed by atoms with Crippen LogP contribution in [-0.2, 0) is 16.4 Å². The van der Waals surface area contributed by atoms with E-state index in [1.807, 2.05) is 0 Å². The van der Waals surface area contributed by atoms with Crippen LogP contribution in [0.25, 0.3) is 0 Å². The van der Waals surface area contributed by atoms with Crippen LogP contribution in [0.4, 0.5) is 4.39 Å². The molecular weight excluding hydrogens is 257 g/mol. The Balaban J connectivity index is 1.97. The fourth-order valence-corrected chi connectivity index (χ4v) is 2.47. The number of halogens is 1. The summed E-state index contributed by atoms with van der Waals surface area (Å²) in [5.74, 6) is -0.466. The highest BCUT2D eigenvalue weighted by atomic mass is 32.2. The molecule has 0 aliphatic heterocycles. The van der Waals surface area contributed by atoms with E-state index in [0.29, 0.717) is 6.42 Å². The van der Waals surface area contributed by atoms with E-state index >= 15 is 0 Å². The van der Waals surface area contributed by atoms with Crippen molar-refractivity contribution in [3.05, 3.63) is 48.3 Å². The number of H-pyrrole nitrogens is 1. The molecule has 0 atom stereocenters. The highest BCUT2D eigenvalue weighted by molar-refractivity contribution is 7.89. The molecule has 0 aliphatic rings. The number of aromatic nitrogens is 2. The summed E-state index contributed by atoms with van der Waals surface area (Å²) in [6.07, 6.45) is 3.68. The van der Waals surface area contributed by atoms with Crippen molar-refractivity contribution >= 4 is 10.0 Å². The zero-order chi connectivity index (χ0) is 13.0. The van der Waals surface area contributed by atoms with Crippen LogP contribution >= 0.6 is 0 Å². The lowest BCUT2D eigenvalue weighted by Gasteiger charge is -2.05. The molecule has 0 radical (unpaired) electrons. The maximum atomic E-state index is 12.7. The number of hydrogen-bond donors (Lipinski definition) is 2. The Hall–Kier alpha value is -1.73. The summed E-state index contributed by atoms with van der Waals surface area (Å²) in [6, 6.07) is 4.69. The lowest BCUT2D eigenvalue weighted by molar-refractivity contribution is 0.580. The van der Waals surface area contributed by atoms with Gasteiger partial charge >= 0.3 is 0 Å². The number of aromatic amines is 1. The fraction of sp³-hybridized carbons (Fsp3) is 0.182. The summed E-state index contributed by atoms with van der Waals surface area (Å²) < 4.78 is 38.7. The van der Waals surface area contributed by atoms with Gasteiger partial charge in [0.1, 0.15) is 5.82 Å².